The van der Waals surface area contributed by atoms with Crippen LogP contribution < -0.4 is 5.11 Å². The minimum absolute atomic E-state index is 0.104. The van der Waals surface area contributed by atoms with Gasteiger partial charge in [-0.15, -0.1) is 0 Å². The lowest BCUT2D eigenvalue weighted by molar-refractivity contribution is -0.707. The number of hydrogen-bond donors (Lipinski definition) is 1. The van der Waals surface area contributed by atoms with Crippen molar-refractivity contribution in [3.8, 4) is 0 Å². The zero-order valence-corrected chi connectivity index (χ0v) is 17.4. The molecular weight excluding hydrogens is 431 g/mol. The van der Waals surface area contributed by atoms with E-state index in [-0.39, 0.29) is 42.5 Å². The van der Waals surface area contributed by atoms with Crippen LogP contribution in [0.3, 0.4) is 0 Å². The molecule has 0 radical (unpaired) electrons. The smallest absolute Gasteiger partial charge is 0.326 e. The van der Waals surface area contributed by atoms with Crippen molar-refractivity contribution in [2.24, 2.45) is 5.28 Å². The third-order valence-electron chi connectivity index (χ3n) is 4.29. The quantitative estimate of drug-likeness (QED) is 0.538. The van der Waals surface area contributed by atoms with E-state index < -0.39 is 21.9 Å². The maximum atomic E-state index is 12.9. The highest BCUT2D eigenvalue weighted by Crippen LogP contribution is 2.29. The Balaban J connectivity index is 1.86. The van der Waals surface area contributed by atoms with Crippen LogP contribution in [0.4, 0.5) is 0 Å². The van der Waals surface area contributed by atoms with E-state index in [0.717, 1.165) is 4.31 Å². The lowest BCUT2D eigenvalue weighted by atomic mass is 10.1. The number of rotatable bonds is 4. The third kappa shape index (κ3) is 3.80. The van der Waals surface area contributed by atoms with Crippen LogP contribution in [0.5, 0.6) is 0 Å². The fourth-order valence-corrected chi connectivity index (χ4v) is 4.35. The molecule has 28 heavy (non-hydrogen) atoms. The number of nitrogens with one attached hydrogen (secondary N) is 1. The highest BCUT2D eigenvalue weighted by Gasteiger charge is 2.41. The minimum Gasteiger partial charge on any atom is -0.867 e. The van der Waals surface area contributed by atoms with Crippen molar-refractivity contribution in [3.05, 3.63) is 39.5 Å². The Bertz CT molecular complexity index is 971. The van der Waals surface area contributed by atoms with E-state index in [1.165, 1.54) is 41.4 Å². The largest absolute Gasteiger partial charge is 0.867 e. The van der Waals surface area contributed by atoms with Gasteiger partial charge in [-0.2, -0.15) is 22.0 Å². The van der Waals surface area contributed by atoms with Gasteiger partial charge in [0.15, 0.2) is 0 Å². The molecule has 152 valence electrons. The van der Waals surface area contributed by atoms with Gasteiger partial charge in [0.1, 0.15) is 0 Å². The van der Waals surface area contributed by atoms with Gasteiger partial charge in [0.2, 0.25) is 5.28 Å². The first kappa shape index (κ1) is 20.8. The van der Waals surface area contributed by atoms with E-state index in [2.05, 4.69) is 5.28 Å². The van der Waals surface area contributed by atoms with Crippen LogP contribution in [0.1, 0.15) is 5.56 Å². The third-order valence-corrected chi connectivity index (χ3v) is 6.77. The summed E-state index contributed by atoms with van der Waals surface area (Å²) in [7, 11) is -0.596. The fraction of sp³-hybridized carbons (Fsp3) is 0.400. The van der Waals surface area contributed by atoms with E-state index >= 15 is 0 Å². The molecule has 0 atom stereocenters. The summed E-state index contributed by atoms with van der Waals surface area (Å²) >= 11 is 12.0. The van der Waals surface area contributed by atoms with Crippen LogP contribution in [0.2, 0.25) is 10.0 Å². The van der Waals surface area contributed by atoms with Crippen molar-refractivity contribution >= 4 is 45.1 Å². The second-order valence-electron chi connectivity index (χ2n) is 6.24. The molecule has 2 aliphatic heterocycles. The first-order chi connectivity index (χ1) is 13.1. The normalized spacial score (nSPS) is 20.4. The number of nitrogens with zero attached hydrogens (tertiary/aromatic N) is 5. The molecule has 1 N–H and O–H groups in total. The van der Waals surface area contributed by atoms with Gasteiger partial charge in [0.05, 0.1) is 17.9 Å². The Kier molecular flexibility index (Phi) is 5.82. The summed E-state index contributed by atoms with van der Waals surface area (Å²) in [6, 6.07) is 4.42. The molecule has 0 saturated carbocycles. The Hall–Kier alpha value is -1.92. The lowest BCUT2D eigenvalue weighted by Gasteiger charge is -2.31. The molecule has 0 aromatic heterocycles. The van der Waals surface area contributed by atoms with Gasteiger partial charge in [-0.25, -0.2) is 0 Å². The van der Waals surface area contributed by atoms with Gasteiger partial charge in [-0.05, 0) is 23.5 Å². The van der Waals surface area contributed by atoms with Crippen molar-refractivity contribution in [2.75, 3.05) is 40.3 Å². The lowest BCUT2D eigenvalue weighted by Crippen LogP contribution is -2.53. The van der Waals surface area contributed by atoms with E-state index in [4.69, 9.17) is 33.4 Å². The Labute approximate surface area is 172 Å². The predicted octanol–water partition coefficient (Wildman–Crippen LogP) is 0.748. The van der Waals surface area contributed by atoms with Crippen molar-refractivity contribution < 1.29 is 23.2 Å². The summed E-state index contributed by atoms with van der Waals surface area (Å²) < 4.78 is 27.0. The molecule has 13 heteroatoms. The molecular formula is C15H18Cl2N6O4S. The molecule has 0 aliphatic carbocycles. The van der Waals surface area contributed by atoms with Crippen molar-refractivity contribution in [1.29, 1.82) is 5.41 Å². The van der Waals surface area contributed by atoms with E-state index in [1.807, 2.05) is 0 Å². The monoisotopic (exact) mass is 448 g/mol. The molecule has 2 aliphatic rings. The molecule has 3 rings (SSSR count). The van der Waals surface area contributed by atoms with Gasteiger partial charge in [0, 0.05) is 37.2 Å². The zero-order valence-electron chi connectivity index (χ0n) is 15.1. The molecule has 1 aromatic carbocycles. The van der Waals surface area contributed by atoms with Crippen LogP contribution >= 0.6 is 23.2 Å². The Morgan fingerprint density at radius 3 is 2.50 bits per heavy atom. The molecule has 0 bridgehead atoms. The van der Waals surface area contributed by atoms with Crippen molar-refractivity contribution in [1.82, 2.24) is 13.6 Å². The van der Waals surface area contributed by atoms with Crippen LogP contribution in [0.15, 0.2) is 29.2 Å². The first-order valence-electron chi connectivity index (χ1n) is 8.19. The second-order valence-corrected chi connectivity index (χ2v) is 9.22. The molecule has 2 heterocycles. The van der Waals surface area contributed by atoms with Crippen LogP contribution in [0, 0.1) is 5.41 Å². The summed E-state index contributed by atoms with van der Waals surface area (Å²) in [6.07, 6.45) is 0. The molecule has 1 saturated heterocycles. The zero-order chi connectivity index (χ0) is 20.6. The molecule has 0 amide bonds. The van der Waals surface area contributed by atoms with Crippen molar-refractivity contribution in [2.45, 2.75) is 0 Å². The molecule has 0 unspecified atom stereocenters. The average Bonchev–Trinajstić information content (AvgIpc) is 3.02. The van der Waals surface area contributed by atoms with Gasteiger partial charge < -0.3 is 5.11 Å². The minimum atomic E-state index is -3.53. The summed E-state index contributed by atoms with van der Waals surface area (Å²) in [5.74, 6) is -0.962. The molecule has 1 fully saturated rings. The van der Waals surface area contributed by atoms with E-state index in [0.29, 0.717) is 5.02 Å². The van der Waals surface area contributed by atoms with E-state index in [9.17, 15) is 13.5 Å². The molecule has 10 nitrogen and oxygen atoms in total. The Morgan fingerprint density at radius 1 is 1.29 bits per heavy atom. The maximum absolute atomic E-state index is 12.9. The fourth-order valence-electron chi connectivity index (χ4n) is 2.77. The summed E-state index contributed by atoms with van der Waals surface area (Å²) in [6.45, 7) is 0.919. The topological polar surface area (TPSA) is 115 Å². The number of hydrazine groups is 1. The Morgan fingerprint density at radius 2 is 1.93 bits per heavy atom. The summed E-state index contributed by atoms with van der Waals surface area (Å²) in [5, 5.41) is 26.8. The second kappa shape index (κ2) is 7.84. The average molecular weight is 449 g/mol. The van der Waals surface area contributed by atoms with Gasteiger partial charge >= 0.3 is 11.6 Å². The van der Waals surface area contributed by atoms with Crippen molar-refractivity contribution in [3.63, 3.8) is 0 Å². The number of benzene rings is 1. The predicted molar refractivity (Wildman–Crippen MR) is 101 cm³/mol. The number of halogens is 2. The highest BCUT2D eigenvalue weighted by molar-refractivity contribution is 7.86. The standard InChI is InChI=1S/C15H18Cl2N6O4S/c1-20(2)28(25,26)22-7-5-21(6-8-22)23-13(15(18)27-19-23)14(24)11-4-3-10(16)9-12(11)17/h3-4,9H,5-8H2,1-2H3,(H-,18,19,24). The maximum Gasteiger partial charge on any atom is 0.326 e. The summed E-state index contributed by atoms with van der Waals surface area (Å²) in [5.41, 5.74) is 0.0541. The van der Waals surface area contributed by atoms with Gasteiger partial charge in [0.25, 0.3) is 10.2 Å². The number of piperazine rings is 1. The van der Waals surface area contributed by atoms with E-state index in [1.54, 1.807) is 5.01 Å². The van der Waals surface area contributed by atoms with Gasteiger partial charge in [-0.1, -0.05) is 29.3 Å². The number of hydrogen-bond acceptors (Lipinski definition) is 7. The summed E-state index contributed by atoms with van der Waals surface area (Å²) in [4.78, 5) is 6.09. The van der Waals surface area contributed by atoms with Crippen LogP contribution in [0.25, 0.3) is 5.76 Å². The molecule has 0 spiro atoms. The SMILES string of the molecule is CN(C)S(=O)(=O)N1CCN([N+]2=NOC(=N)C2=C([O-])c2ccc(Cl)cc2Cl)CC1. The molecule has 1 aromatic rings. The van der Waals surface area contributed by atoms with Crippen LogP contribution in [-0.2, 0) is 15.0 Å². The van der Waals surface area contributed by atoms with Crippen LogP contribution in [-0.4, -0.2) is 73.0 Å². The van der Waals surface area contributed by atoms with Gasteiger partial charge in [-0.3, -0.25) is 10.2 Å². The highest BCUT2D eigenvalue weighted by atomic mass is 35.5. The first-order valence-corrected chi connectivity index (χ1v) is 10.3.